The van der Waals surface area contributed by atoms with E-state index in [-0.39, 0.29) is 11.7 Å². The third-order valence-electron chi connectivity index (χ3n) is 2.89. The molecule has 1 aromatic carbocycles. The van der Waals surface area contributed by atoms with Crippen LogP contribution in [-0.2, 0) is 11.3 Å². The monoisotopic (exact) mass is 271 g/mol. The molecule has 1 N–H and O–H groups in total. The van der Waals surface area contributed by atoms with E-state index in [4.69, 9.17) is 0 Å². The van der Waals surface area contributed by atoms with Crippen LogP contribution in [-0.4, -0.2) is 21.5 Å². The van der Waals surface area contributed by atoms with E-state index in [9.17, 15) is 9.59 Å². The van der Waals surface area contributed by atoms with Crippen molar-refractivity contribution in [2.45, 2.75) is 26.8 Å². The van der Waals surface area contributed by atoms with Gasteiger partial charge >= 0.3 is 0 Å². The maximum absolute atomic E-state index is 11.8. The zero-order chi connectivity index (χ0) is 14.5. The van der Waals surface area contributed by atoms with Crippen LogP contribution in [0.4, 0.5) is 5.69 Å². The molecule has 0 atom stereocenters. The number of anilines is 1. The van der Waals surface area contributed by atoms with Crippen molar-refractivity contribution in [2.24, 2.45) is 0 Å². The van der Waals surface area contributed by atoms with Gasteiger partial charge in [0.25, 0.3) is 0 Å². The summed E-state index contributed by atoms with van der Waals surface area (Å²) in [5.74, 6) is -0.119. The Balaban J connectivity index is 1.91. The largest absolute Gasteiger partial charge is 0.326 e. The standard InChI is InChI=1S/C15H17N3O2/c1-11-6-8-18(17-11)9-7-15(20)16-14-5-3-4-13(10-14)12(2)19/h3-6,8,10H,7,9H2,1-2H3,(H,16,20). The van der Waals surface area contributed by atoms with Gasteiger partial charge in [-0.3, -0.25) is 14.3 Å². The number of Topliss-reactive ketones (excluding diaryl/α,β-unsaturated/α-hetero) is 1. The Morgan fingerprint density at radius 3 is 2.75 bits per heavy atom. The first kappa shape index (κ1) is 14.0. The van der Waals surface area contributed by atoms with Crippen molar-refractivity contribution in [3.05, 3.63) is 47.8 Å². The summed E-state index contributed by atoms with van der Waals surface area (Å²) < 4.78 is 1.74. The number of rotatable bonds is 5. The average Bonchev–Trinajstić information content (AvgIpc) is 2.82. The summed E-state index contributed by atoms with van der Waals surface area (Å²) in [6.07, 6.45) is 2.18. The van der Waals surface area contributed by atoms with E-state index in [1.165, 1.54) is 6.92 Å². The molecule has 0 aliphatic rings. The molecule has 0 saturated heterocycles. The van der Waals surface area contributed by atoms with Crippen molar-refractivity contribution >= 4 is 17.4 Å². The Kier molecular flexibility index (Phi) is 4.30. The Bertz CT molecular complexity index is 632. The maximum atomic E-state index is 11.8. The fourth-order valence-corrected chi connectivity index (χ4v) is 1.84. The Morgan fingerprint density at radius 2 is 2.10 bits per heavy atom. The van der Waals surface area contributed by atoms with Crippen LogP contribution in [0.5, 0.6) is 0 Å². The number of nitrogens with one attached hydrogen (secondary N) is 1. The van der Waals surface area contributed by atoms with Crippen molar-refractivity contribution < 1.29 is 9.59 Å². The quantitative estimate of drug-likeness (QED) is 0.849. The molecule has 5 heteroatoms. The van der Waals surface area contributed by atoms with E-state index < -0.39 is 0 Å². The molecule has 104 valence electrons. The topological polar surface area (TPSA) is 64.0 Å². The van der Waals surface area contributed by atoms with Crippen molar-refractivity contribution in [3.8, 4) is 0 Å². The molecule has 1 aromatic heterocycles. The smallest absolute Gasteiger partial charge is 0.226 e. The molecule has 0 saturated carbocycles. The highest BCUT2D eigenvalue weighted by atomic mass is 16.1. The summed E-state index contributed by atoms with van der Waals surface area (Å²) >= 11 is 0. The van der Waals surface area contributed by atoms with Gasteiger partial charge in [-0.2, -0.15) is 5.10 Å². The van der Waals surface area contributed by atoms with Gasteiger partial charge in [-0.1, -0.05) is 12.1 Å². The van der Waals surface area contributed by atoms with Gasteiger partial charge in [0.15, 0.2) is 5.78 Å². The molecule has 2 aromatic rings. The number of aryl methyl sites for hydroxylation is 2. The zero-order valence-electron chi connectivity index (χ0n) is 11.6. The zero-order valence-corrected chi connectivity index (χ0v) is 11.6. The molecule has 0 unspecified atom stereocenters. The van der Waals surface area contributed by atoms with Gasteiger partial charge in [0, 0.05) is 30.4 Å². The molecule has 0 aliphatic heterocycles. The van der Waals surface area contributed by atoms with Crippen molar-refractivity contribution in [2.75, 3.05) is 5.32 Å². The maximum Gasteiger partial charge on any atom is 0.226 e. The minimum absolute atomic E-state index is 0.0203. The van der Waals surface area contributed by atoms with Crippen molar-refractivity contribution in [3.63, 3.8) is 0 Å². The molecule has 0 radical (unpaired) electrons. The Morgan fingerprint density at radius 1 is 1.30 bits per heavy atom. The first-order chi connectivity index (χ1) is 9.54. The lowest BCUT2D eigenvalue weighted by atomic mass is 10.1. The van der Waals surface area contributed by atoms with Crippen LogP contribution >= 0.6 is 0 Å². The molecule has 1 heterocycles. The van der Waals surface area contributed by atoms with E-state index >= 15 is 0 Å². The predicted molar refractivity (Wildman–Crippen MR) is 76.7 cm³/mol. The second kappa shape index (κ2) is 6.14. The Hall–Kier alpha value is -2.43. The second-order valence-electron chi connectivity index (χ2n) is 4.66. The van der Waals surface area contributed by atoms with Gasteiger partial charge < -0.3 is 5.32 Å². The van der Waals surface area contributed by atoms with Crippen LogP contribution in [0.15, 0.2) is 36.5 Å². The number of nitrogens with zero attached hydrogens (tertiary/aromatic N) is 2. The van der Waals surface area contributed by atoms with Gasteiger partial charge in [0.1, 0.15) is 0 Å². The van der Waals surface area contributed by atoms with Gasteiger partial charge in [0.2, 0.25) is 5.91 Å². The van der Waals surface area contributed by atoms with Gasteiger partial charge in [-0.05, 0) is 32.0 Å². The number of carbonyl (C=O) groups excluding carboxylic acids is 2. The van der Waals surface area contributed by atoms with Gasteiger partial charge in [-0.25, -0.2) is 0 Å². The summed E-state index contributed by atoms with van der Waals surface area (Å²) in [4.78, 5) is 23.1. The third kappa shape index (κ3) is 3.78. The lowest BCUT2D eigenvalue weighted by molar-refractivity contribution is -0.116. The minimum atomic E-state index is -0.0983. The van der Waals surface area contributed by atoms with Crippen LogP contribution in [0.2, 0.25) is 0 Å². The molecule has 5 nitrogen and oxygen atoms in total. The molecule has 0 spiro atoms. The molecular weight excluding hydrogens is 254 g/mol. The fourth-order valence-electron chi connectivity index (χ4n) is 1.84. The normalized spacial score (nSPS) is 10.3. The summed E-state index contributed by atoms with van der Waals surface area (Å²) in [5.41, 5.74) is 2.16. The lowest BCUT2D eigenvalue weighted by Crippen LogP contribution is -2.15. The third-order valence-corrected chi connectivity index (χ3v) is 2.89. The number of carbonyl (C=O) groups is 2. The molecule has 20 heavy (non-hydrogen) atoms. The van der Waals surface area contributed by atoms with Crippen LogP contribution in [0.25, 0.3) is 0 Å². The number of hydrogen-bond acceptors (Lipinski definition) is 3. The first-order valence-corrected chi connectivity index (χ1v) is 6.45. The number of amides is 1. The SMILES string of the molecule is CC(=O)c1cccc(NC(=O)CCn2ccc(C)n2)c1. The summed E-state index contributed by atoms with van der Waals surface area (Å²) in [6.45, 7) is 3.94. The molecular formula is C15H17N3O2. The highest BCUT2D eigenvalue weighted by Crippen LogP contribution is 2.11. The fraction of sp³-hybridized carbons (Fsp3) is 0.267. The van der Waals surface area contributed by atoms with E-state index in [0.717, 1.165) is 5.69 Å². The molecule has 0 fully saturated rings. The van der Waals surface area contributed by atoms with Crippen LogP contribution in [0, 0.1) is 6.92 Å². The van der Waals surface area contributed by atoms with E-state index in [0.29, 0.717) is 24.2 Å². The lowest BCUT2D eigenvalue weighted by Gasteiger charge is -2.06. The van der Waals surface area contributed by atoms with E-state index in [1.807, 2.05) is 19.2 Å². The first-order valence-electron chi connectivity index (χ1n) is 6.45. The minimum Gasteiger partial charge on any atom is -0.326 e. The molecule has 2 rings (SSSR count). The van der Waals surface area contributed by atoms with Crippen LogP contribution < -0.4 is 5.32 Å². The highest BCUT2D eigenvalue weighted by molar-refractivity contribution is 5.97. The summed E-state index contributed by atoms with van der Waals surface area (Å²) in [5, 5.41) is 7.00. The number of benzene rings is 1. The summed E-state index contributed by atoms with van der Waals surface area (Å²) in [7, 11) is 0. The number of aromatic nitrogens is 2. The van der Waals surface area contributed by atoms with Gasteiger partial charge in [-0.15, -0.1) is 0 Å². The number of hydrogen-bond donors (Lipinski definition) is 1. The van der Waals surface area contributed by atoms with Crippen molar-refractivity contribution in [1.82, 2.24) is 9.78 Å². The Labute approximate surface area is 117 Å². The number of ketones is 1. The average molecular weight is 271 g/mol. The van der Waals surface area contributed by atoms with Crippen LogP contribution in [0.3, 0.4) is 0 Å². The molecule has 1 amide bonds. The van der Waals surface area contributed by atoms with Crippen molar-refractivity contribution in [1.29, 1.82) is 0 Å². The molecule has 0 aliphatic carbocycles. The highest BCUT2D eigenvalue weighted by Gasteiger charge is 2.05. The van der Waals surface area contributed by atoms with E-state index in [1.54, 1.807) is 28.9 Å². The second-order valence-corrected chi connectivity index (χ2v) is 4.66. The predicted octanol–water partition coefficient (Wildman–Crippen LogP) is 2.42. The summed E-state index contributed by atoms with van der Waals surface area (Å²) in [6, 6.07) is 8.82. The molecule has 0 bridgehead atoms. The van der Waals surface area contributed by atoms with Gasteiger partial charge in [0.05, 0.1) is 5.69 Å². The van der Waals surface area contributed by atoms with E-state index in [2.05, 4.69) is 10.4 Å². The van der Waals surface area contributed by atoms with Crippen LogP contribution in [0.1, 0.15) is 29.4 Å².